The molecule has 1 atom stereocenters. The Labute approximate surface area is 151 Å². The lowest BCUT2D eigenvalue weighted by atomic mass is 9.84. The second-order valence-electron chi connectivity index (χ2n) is 7.04. The van der Waals surface area contributed by atoms with Crippen LogP contribution in [0.1, 0.15) is 68.6 Å². The summed E-state index contributed by atoms with van der Waals surface area (Å²) in [5.41, 5.74) is 6.29. The van der Waals surface area contributed by atoms with Gasteiger partial charge in [0.15, 0.2) is 0 Å². The van der Waals surface area contributed by atoms with Crippen LogP contribution in [0.3, 0.4) is 0 Å². The summed E-state index contributed by atoms with van der Waals surface area (Å²) in [6.07, 6.45) is 6.32. The van der Waals surface area contributed by atoms with E-state index in [1.54, 1.807) is 0 Å². The van der Waals surface area contributed by atoms with Crippen molar-refractivity contribution < 1.29 is 9.53 Å². The number of carbonyl (C=O) groups is 1. The zero-order chi connectivity index (χ0) is 17.8. The molecular formula is C23H28O2. The summed E-state index contributed by atoms with van der Waals surface area (Å²) in [7, 11) is 0. The van der Waals surface area contributed by atoms with E-state index in [9.17, 15) is 4.79 Å². The highest BCUT2D eigenvalue weighted by Crippen LogP contribution is 2.44. The number of hydrogen-bond donors (Lipinski definition) is 0. The smallest absolute Gasteiger partial charge is 0.318 e. The first-order valence-corrected chi connectivity index (χ1v) is 9.60. The summed E-state index contributed by atoms with van der Waals surface area (Å²) in [5, 5.41) is 0. The summed E-state index contributed by atoms with van der Waals surface area (Å²) in [6.45, 7) is 6.54. The summed E-state index contributed by atoms with van der Waals surface area (Å²) < 4.78 is 5.62. The lowest BCUT2D eigenvalue weighted by Gasteiger charge is -2.18. The van der Waals surface area contributed by atoms with E-state index >= 15 is 0 Å². The van der Waals surface area contributed by atoms with Crippen LogP contribution in [0.25, 0.3) is 11.1 Å². The molecule has 0 radical (unpaired) electrons. The minimum atomic E-state index is -0.0919. The van der Waals surface area contributed by atoms with Gasteiger partial charge in [-0.05, 0) is 54.5 Å². The Morgan fingerprint density at radius 2 is 1.72 bits per heavy atom. The predicted molar refractivity (Wildman–Crippen MR) is 103 cm³/mol. The van der Waals surface area contributed by atoms with Gasteiger partial charge in [0.2, 0.25) is 0 Å². The average Bonchev–Trinajstić information content (AvgIpc) is 2.94. The van der Waals surface area contributed by atoms with Gasteiger partial charge in [0.1, 0.15) is 5.75 Å². The van der Waals surface area contributed by atoms with Gasteiger partial charge in [0, 0.05) is 5.56 Å². The molecule has 0 N–H and O–H groups in total. The largest absolute Gasteiger partial charge is 0.426 e. The SMILES string of the molecule is CCCCc1c(-c2ccccc2C)ccc2c1C(CCCC)C(=O)O2. The first kappa shape index (κ1) is 17.7. The van der Waals surface area contributed by atoms with Gasteiger partial charge in [0.05, 0.1) is 5.92 Å². The van der Waals surface area contributed by atoms with Crippen molar-refractivity contribution in [2.75, 3.05) is 0 Å². The van der Waals surface area contributed by atoms with E-state index in [4.69, 9.17) is 4.74 Å². The fourth-order valence-electron chi connectivity index (χ4n) is 3.83. The van der Waals surface area contributed by atoms with Crippen molar-refractivity contribution in [1.29, 1.82) is 0 Å². The van der Waals surface area contributed by atoms with Crippen molar-refractivity contribution in [3.8, 4) is 16.9 Å². The zero-order valence-corrected chi connectivity index (χ0v) is 15.6. The molecule has 3 rings (SSSR count). The maximum absolute atomic E-state index is 12.5. The molecule has 1 heterocycles. The standard InChI is InChI=1S/C23H28O2/c1-4-6-11-19-18(17-13-9-8-10-16(17)3)14-15-21-22(19)20(12-7-5-2)23(24)25-21/h8-10,13-15,20H,4-7,11-12H2,1-3H3. The second-order valence-corrected chi connectivity index (χ2v) is 7.04. The van der Waals surface area contributed by atoms with Crippen LogP contribution in [0.2, 0.25) is 0 Å². The number of hydrogen-bond acceptors (Lipinski definition) is 2. The van der Waals surface area contributed by atoms with Gasteiger partial charge < -0.3 is 4.74 Å². The number of carbonyl (C=O) groups excluding carboxylic acids is 1. The van der Waals surface area contributed by atoms with Gasteiger partial charge in [-0.1, -0.05) is 63.4 Å². The van der Waals surface area contributed by atoms with E-state index in [2.05, 4.69) is 51.1 Å². The van der Waals surface area contributed by atoms with Gasteiger partial charge >= 0.3 is 5.97 Å². The maximum Gasteiger partial charge on any atom is 0.318 e. The highest BCUT2D eigenvalue weighted by Gasteiger charge is 2.35. The molecular weight excluding hydrogens is 308 g/mol. The number of aryl methyl sites for hydroxylation is 1. The third-order valence-electron chi connectivity index (χ3n) is 5.22. The van der Waals surface area contributed by atoms with Crippen molar-refractivity contribution in [1.82, 2.24) is 0 Å². The molecule has 1 aliphatic heterocycles. The Bertz CT molecular complexity index is 761. The molecule has 0 saturated heterocycles. The van der Waals surface area contributed by atoms with Gasteiger partial charge in [-0.25, -0.2) is 0 Å². The van der Waals surface area contributed by atoms with Crippen LogP contribution in [-0.4, -0.2) is 5.97 Å². The summed E-state index contributed by atoms with van der Waals surface area (Å²) in [6, 6.07) is 12.6. The lowest BCUT2D eigenvalue weighted by Crippen LogP contribution is -2.11. The number of fused-ring (bicyclic) bond motifs is 1. The molecule has 0 aliphatic carbocycles. The molecule has 2 heteroatoms. The van der Waals surface area contributed by atoms with Gasteiger partial charge in [-0.3, -0.25) is 4.79 Å². The van der Waals surface area contributed by atoms with E-state index in [1.165, 1.54) is 22.3 Å². The van der Waals surface area contributed by atoms with E-state index in [0.717, 1.165) is 49.8 Å². The monoisotopic (exact) mass is 336 g/mol. The fraction of sp³-hybridized carbons (Fsp3) is 0.435. The number of benzene rings is 2. The van der Waals surface area contributed by atoms with Crippen molar-refractivity contribution in [2.24, 2.45) is 0 Å². The van der Waals surface area contributed by atoms with E-state index in [0.29, 0.717) is 0 Å². The quantitative estimate of drug-likeness (QED) is 0.444. The second kappa shape index (κ2) is 7.86. The van der Waals surface area contributed by atoms with Crippen LogP contribution in [0.15, 0.2) is 36.4 Å². The van der Waals surface area contributed by atoms with Crippen molar-refractivity contribution in [3.05, 3.63) is 53.1 Å². The lowest BCUT2D eigenvalue weighted by molar-refractivity contribution is -0.134. The van der Waals surface area contributed by atoms with Crippen LogP contribution in [-0.2, 0) is 11.2 Å². The van der Waals surface area contributed by atoms with E-state index in [1.807, 2.05) is 6.07 Å². The molecule has 0 bridgehead atoms. The number of esters is 1. The van der Waals surface area contributed by atoms with Crippen molar-refractivity contribution in [2.45, 2.75) is 65.2 Å². The molecule has 1 unspecified atom stereocenters. The first-order chi connectivity index (χ1) is 12.2. The number of rotatable bonds is 7. The maximum atomic E-state index is 12.5. The van der Waals surface area contributed by atoms with Crippen LogP contribution in [0.4, 0.5) is 0 Å². The summed E-state index contributed by atoms with van der Waals surface area (Å²) in [4.78, 5) is 12.5. The molecule has 0 fully saturated rings. The highest BCUT2D eigenvalue weighted by atomic mass is 16.5. The molecule has 2 aromatic carbocycles. The third kappa shape index (κ3) is 3.49. The fourth-order valence-corrected chi connectivity index (χ4v) is 3.83. The molecule has 0 amide bonds. The molecule has 2 nitrogen and oxygen atoms in total. The topological polar surface area (TPSA) is 26.3 Å². The first-order valence-electron chi connectivity index (χ1n) is 9.60. The Morgan fingerprint density at radius 1 is 0.960 bits per heavy atom. The molecule has 2 aromatic rings. The van der Waals surface area contributed by atoms with Crippen LogP contribution >= 0.6 is 0 Å². The van der Waals surface area contributed by atoms with Gasteiger partial charge in [-0.15, -0.1) is 0 Å². The van der Waals surface area contributed by atoms with Crippen molar-refractivity contribution in [3.63, 3.8) is 0 Å². The number of ether oxygens (including phenoxy) is 1. The molecule has 1 aliphatic rings. The molecule has 25 heavy (non-hydrogen) atoms. The third-order valence-corrected chi connectivity index (χ3v) is 5.22. The molecule has 0 saturated carbocycles. The summed E-state index contributed by atoms with van der Waals surface area (Å²) in [5.74, 6) is 0.628. The van der Waals surface area contributed by atoms with Gasteiger partial charge in [-0.2, -0.15) is 0 Å². The van der Waals surface area contributed by atoms with Crippen molar-refractivity contribution >= 4 is 5.97 Å². The predicted octanol–water partition coefficient (Wildman–Crippen LogP) is 6.20. The average molecular weight is 336 g/mol. The van der Waals surface area contributed by atoms with Gasteiger partial charge in [0.25, 0.3) is 0 Å². The number of unbranched alkanes of at least 4 members (excludes halogenated alkanes) is 2. The Hall–Kier alpha value is -2.09. The molecule has 0 spiro atoms. The highest BCUT2D eigenvalue weighted by molar-refractivity contribution is 5.89. The normalized spacial score (nSPS) is 16.0. The summed E-state index contributed by atoms with van der Waals surface area (Å²) >= 11 is 0. The molecule has 0 aromatic heterocycles. The minimum Gasteiger partial charge on any atom is -0.426 e. The Kier molecular flexibility index (Phi) is 5.57. The van der Waals surface area contributed by atoms with Crippen LogP contribution < -0.4 is 4.74 Å². The van der Waals surface area contributed by atoms with E-state index < -0.39 is 0 Å². The Balaban J connectivity index is 2.13. The molecule has 132 valence electrons. The van der Waals surface area contributed by atoms with Crippen LogP contribution in [0.5, 0.6) is 5.75 Å². The minimum absolute atomic E-state index is 0.0665. The zero-order valence-electron chi connectivity index (χ0n) is 15.6. The Morgan fingerprint density at radius 3 is 2.44 bits per heavy atom. The van der Waals surface area contributed by atoms with E-state index in [-0.39, 0.29) is 11.9 Å². The van der Waals surface area contributed by atoms with Crippen LogP contribution in [0, 0.1) is 6.92 Å².